The maximum absolute atomic E-state index is 13.6. The summed E-state index contributed by atoms with van der Waals surface area (Å²) in [6.07, 6.45) is 2.45. The molecule has 0 aliphatic heterocycles. The van der Waals surface area contributed by atoms with Crippen molar-refractivity contribution >= 4 is 30.0 Å². The summed E-state index contributed by atoms with van der Waals surface area (Å²) in [5.41, 5.74) is 0.670. The molecule has 0 radical (unpaired) electrons. The second-order valence-electron chi connectivity index (χ2n) is 10.6. The molecular weight excluding hydrogens is 486 g/mol. The summed E-state index contributed by atoms with van der Waals surface area (Å²) in [6.45, 7) is 16.8. The third-order valence-electron chi connectivity index (χ3n) is 5.63. The molecule has 0 fully saturated rings. The number of rotatable bonds is 14. The first-order chi connectivity index (χ1) is 17.8. The average molecular weight is 532 g/mol. The van der Waals surface area contributed by atoms with E-state index in [1.165, 1.54) is 4.90 Å². The van der Waals surface area contributed by atoms with Gasteiger partial charge < -0.3 is 25.0 Å². The molecular formula is C29H45N3O6. The van der Waals surface area contributed by atoms with Gasteiger partial charge in [0.25, 0.3) is 0 Å². The number of hydrogen-bond donors (Lipinski definition) is 2. The Morgan fingerprint density at radius 2 is 1.76 bits per heavy atom. The van der Waals surface area contributed by atoms with Crippen molar-refractivity contribution in [2.45, 2.75) is 85.4 Å². The maximum Gasteiger partial charge on any atom is 0.408 e. The summed E-state index contributed by atoms with van der Waals surface area (Å²) in [6, 6.07) is 5.92. The summed E-state index contributed by atoms with van der Waals surface area (Å²) in [7, 11) is 0. The quantitative estimate of drug-likeness (QED) is 0.339. The first kappa shape index (κ1) is 32.7. The Bertz CT molecular complexity index is 954. The van der Waals surface area contributed by atoms with Crippen molar-refractivity contribution in [3.8, 4) is 0 Å². The molecule has 1 rings (SSSR count). The van der Waals surface area contributed by atoms with Crippen molar-refractivity contribution in [1.82, 2.24) is 15.5 Å². The van der Waals surface area contributed by atoms with Crippen LogP contribution in [0, 0.1) is 5.92 Å². The predicted octanol–water partition coefficient (Wildman–Crippen LogP) is 4.62. The molecule has 3 amide bonds. The van der Waals surface area contributed by atoms with Crippen LogP contribution in [0.1, 0.15) is 84.9 Å². The van der Waals surface area contributed by atoms with Crippen LogP contribution in [0.25, 0.3) is 6.08 Å². The van der Waals surface area contributed by atoms with Crippen LogP contribution in [0.2, 0.25) is 0 Å². The molecule has 0 bridgehead atoms. The predicted molar refractivity (Wildman–Crippen MR) is 148 cm³/mol. The van der Waals surface area contributed by atoms with Gasteiger partial charge in [-0.05, 0) is 70.6 Å². The van der Waals surface area contributed by atoms with E-state index < -0.39 is 35.5 Å². The van der Waals surface area contributed by atoms with Gasteiger partial charge in [0.05, 0.1) is 13.0 Å². The smallest absolute Gasteiger partial charge is 0.408 e. The molecule has 0 aromatic heterocycles. The zero-order chi connectivity index (χ0) is 28.9. The number of amides is 3. The minimum atomic E-state index is -0.993. The van der Waals surface area contributed by atoms with E-state index in [1.54, 1.807) is 52.0 Å². The van der Waals surface area contributed by atoms with Crippen LogP contribution in [-0.2, 0) is 23.9 Å². The standard InChI is InChI=1S/C29H45N3O6/c1-9-22-12-11-13-23(18-22)26(27(35)30-17-16-25(34)37-10-2)32(21(5)15-14-20(3)4)24(33)19-31-28(36)38-29(6,7)8/h9,11-13,18,20-21,26H,1,10,14-17,19H2,2-8H3,(H,30,35)(H,31,36). The Balaban J connectivity index is 3.34. The largest absolute Gasteiger partial charge is 0.466 e. The molecule has 0 saturated carbocycles. The highest BCUT2D eigenvalue weighted by Gasteiger charge is 2.35. The Labute approximate surface area is 227 Å². The molecule has 1 aromatic carbocycles. The van der Waals surface area contributed by atoms with Crippen molar-refractivity contribution in [3.63, 3.8) is 0 Å². The SMILES string of the molecule is C=Cc1cccc(C(C(=O)NCCC(=O)OCC)N(C(=O)CNC(=O)OC(C)(C)C)C(C)CCC(C)C)c1. The third kappa shape index (κ3) is 11.8. The topological polar surface area (TPSA) is 114 Å². The van der Waals surface area contributed by atoms with Gasteiger partial charge >= 0.3 is 12.1 Å². The summed E-state index contributed by atoms with van der Waals surface area (Å²) in [5.74, 6) is -0.882. The van der Waals surface area contributed by atoms with E-state index in [4.69, 9.17) is 9.47 Å². The summed E-state index contributed by atoms with van der Waals surface area (Å²) in [5, 5.41) is 5.31. The third-order valence-corrected chi connectivity index (χ3v) is 5.63. The van der Waals surface area contributed by atoms with E-state index in [9.17, 15) is 19.2 Å². The summed E-state index contributed by atoms with van der Waals surface area (Å²) >= 11 is 0. The normalized spacial score (nSPS) is 12.7. The molecule has 0 spiro atoms. The molecule has 2 unspecified atom stereocenters. The van der Waals surface area contributed by atoms with Crippen molar-refractivity contribution < 1.29 is 28.7 Å². The van der Waals surface area contributed by atoms with Crippen LogP contribution in [0.4, 0.5) is 4.79 Å². The van der Waals surface area contributed by atoms with Crippen LogP contribution in [0.15, 0.2) is 30.8 Å². The average Bonchev–Trinajstić information content (AvgIpc) is 2.83. The number of hydrogen-bond acceptors (Lipinski definition) is 6. The lowest BCUT2D eigenvalue weighted by atomic mass is 9.97. The molecule has 0 heterocycles. The van der Waals surface area contributed by atoms with Gasteiger partial charge in [0.1, 0.15) is 18.2 Å². The Hall–Kier alpha value is -3.36. The zero-order valence-corrected chi connectivity index (χ0v) is 24.0. The Morgan fingerprint density at radius 1 is 1.08 bits per heavy atom. The van der Waals surface area contributed by atoms with Crippen LogP contribution in [0.3, 0.4) is 0 Å². The van der Waals surface area contributed by atoms with Gasteiger partial charge in [-0.2, -0.15) is 0 Å². The van der Waals surface area contributed by atoms with E-state index in [0.29, 0.717) is 17.9 Å². The molecule has 0 aliphatic rings. The Kier molecular flexibility index (Phi) is 13.6. The fraction of sp³-hybridized carbons (Fsp3) is 0.586. The minimum absolute atomic E-state index is 0.00997. The number of nitrogens with one attached hydrogen (secondary N) is 2. The van der Waals surface area contributed by atoms with Gasteiger partial charge in [-0.3, -0.25) is 14.4 Å². The van der Waals surface area contributed by atoms with Gasteiger partial charge in [-0.15, -0.1) is 0 Å². The number of esters is 1. The van der Waals surface area contributed by atoms with E-state index in [2.05, 4.69) is 31.1 Å². The van der Waals surface area contributed by atoms with Gasteiger partial charge in [0.15, 0.2) is 0 Å². The maximum atomic E-state index is 13.6. The second-order valence-corrected chi connectivity index (χ2v) is 10.6. The molecule has 212 valence electrons. The van der Waals surface area contributed by atoms with Gasteiger partial charge in [0.2, 0.25) is 11.8 Å². The number of carbonyl (C=O) groups excluding carboxylic acids is 4. The lowest BCUT2D eigenvalue weighted by Crippen LogP contribution is -2.51. The fourth-order valence-electron chi connectivity index (χ4n) is 3.82. The van der Waals surface area contributed by atoms with Crippen molar-refractivity contribution in [2.75, 3.05) is 19.7 Å². The van der Waals surface area contributed by atoms with Crippen LogP contribution >= 0.6 is 0 Å². The number of nitrogens with zero attached hydrogens (tertiary/aromatic N) is 1. The lowest BCUT2D eigenvalue weighted by molar-refractivity contribution is -0.144. The first-order valence-corrected chi connectivity index (χ1v) is 13.2. The van der Waals surface area contributed by atoms with E-state index in [1.807, 2.05) is 13.0 Å². The van der Waals surface area contributed by atoms with Gasteiger partial charge in [-0.1, -0.05) is 44.7 Å². The van der Waals surface area contributed by atoms with E-state index in [0.717, 1.165) is 12.0 Å². The molecule has 2 atom stereocenters. The molecule has 0 saturated heterocycles. The van der Waals surface area contributed by atoms with Gasteiger partial charge in [-0.25, -0.2) is 4.79 Å². The monoisotopic (exact) mass is 531 g/mol. The molecule has 2 N–H and O–H groups in total. The first-order valence-electron chi connectivity index (χ1n) is 13.2. The number of carbonyl (C=O) groups is 4. The zero-order valence-electron chi connectivity index (χ0n) is 24.0. The van der Waals surface area contributed by atoms with Crippen LogP contribution in [0.5, 0.6) is 0 Å². The molecule has 9 heteroatoms. The van der Waals surface area contributed by atoms with Crippen molar-refractivity contribution in [3.05, 3.63) is 42.0 Å². The van der Waals surface area contributed by atoms with Gasteiger partial charge in [0, 0.05) is 12.6 Å². The molecule has 0 aliphatic carbocycles. The summed E-state index contributed by atoms with van der Waals surface area (Å²) in [4.78, 5) is 52.8. The second kappa shape index (κ2) is 15.8. The molecule has 38 heavy (non-hydrogen) atoms. The minimum Gasteiger partial charge on any atom is -0.466 e. The highest BCUT2D eigenvalue weighted by atomic mass is 16.6. The lowest BCUT2D eigenvalue weighted by Gasteiger charge is -2.37. The number of alkyl carbamates (subject to hydrolysis) is 1. The highest BCUT2D eigenvalue weighted by Crippen LogP contribution is 2.27. The highest BCUT2D eigenvalue weighted by molar-refractivity contribution is 5.91. The number of benzene rings is 1. The van der Waals surface area contributed by atoms with Crippen molar-refractivity contribution in [1.29, 1.82) is 0 Å². The summed E-state index contributed by atoms with van der Waals surface area (Å²) < 4.78 is 10.2. The van der Waals surface area contributed by atoms with E-state index in [-0.39, 0.29) is 32.2 Å². The van der Waals surface area contributed by atoms with E-state index >= 15 is 0 Å². The van der Waals surface area contributed by atoms with Crippen molar-refractivity contribution in [2.24, 2.45) is 5.92 Å². The Morgan fingerprint density at radius 3 is 2.34 bits per heavy atom. The molecule has 1 aromatic rings. The van der Waals surface area contributed by atoms with Crippen LogP contribution < -0.4 is 10.6 Å². The number of ether oxygens (including phenoxy) is 2. The van der Waals surface area contributed by atoms with Crippen LogP contribution in [-0.4, -0.2) is 60.1 Å². The molecule has 9 nitrogen and oxygen atoms in total. The fourth-order valence-corrected chi connectivity index (χ4v) is 3.82.